The van der Waals surface area contributed by atoms with Crippen LogP contribution in [0.15, 0.2) is 88.5 Å². The largest absolute Gasteiger partial charge is 0.493 e. The number of hydrogen-bond acceptors (Lipinski definition) is 12. The zero-order valence-electron chi connectivity index (χ0n) is 24.6. The molecule has 238 valence electrons. The number of ether oxygens (including phenoxy) is 5. The van der Waals surface area contributed by atoms with Gasteiger partial charge < -0.3 is 28.6 Å². The molecule has 1 saturated heterocycles. The number of sulfonamides is 1. The van der Waals surface area contributed by atoms with Crippen molar-refractivity contribution in [3.8, 4) is 29.1 Å². The van der Waals surface area contributed by atoms with Crippen molar-refractivity contribution in [3.05, 3.63) is 83.6 Å². The summed E-state index contributed by atoms with van der Waals surface area (Å²) in [5.74, 6) is 0.736. The minimum absolute atomic E-state index is 0.00185. The van der Waals surface area contributed by atoms with E-state index in [1.54, 1.807) is 48.8 Å². The average Bonchev–Trinajstić information content (AvgIpc) is 3.08. The smallest absolute Gasteiger partial charge is 0.316 e. The fourth-order valence-electron chi connectivity index (χ4n) is 4.56. The van der Waals surface area contributed by atoms with E-state index in [9.17, 15) is 8.42 Å². The van der Waals surface area contributed by atoms with Gasteiger partial charge in [0.15, 0.2) is 17.3 Å². The first kappa shape index (κ1) is 31.3. The van der Waals surface area contributed by atoms with Crippen LogP contribution < -0.4 is 28.6 Å². The first-order valence-corrected chi connectivity index (χ1v) is 16.5. The zero-order valence-corrected chi connectivity index (χ0v) is 27.0. The van der Waals surface area contributed by atoms with Crippen LogP contribution in [0.5, 0.6) is 29.1 Å². The standard InChI is InChI=1S/C31H29BrN6O7S/c1-41-25-8-4-5-9-26(25)45-27-28(37-46(39,40)24-11-10-21-6-2-3-7-22(21)18-24)35-30(38-12-14-42-15-13-38)36-29(27)43-16-17-44-31-33-19-23(32)20-34-31/h2-11,18-20H,12-17H2,1H3,(H,35,36,37). The van der Waals surface area contributed by atoms with Crippen molar-refractivity contribution >= 4 is 48.5 Å². The van der Waals surface area contributed by atoms with Crippen molar-refractivity contribution in [1.29, 1.82) is 0 Å². The molecule has 0 bridgehead atoms. The topological polar surface area (TPSA) is 147 Å². The predicted octanol–water partition coefficient (Wildman–Crippen LogP) is 5.08. The number of hydrogen-bond donors (Lipinski definition) is 1. The highest BCUT2D eigenvalue weighted by molar-refractivity contribution is 9.10. The molecule has 1 aliphatic rings. The number of nitrogens with zero attached hydrogens (tertiary/aromatic N) is 5. The summed E-state index contributed by atoms with van der Waals surface area (Å²) >= 11 is 3.29. The Morgan fingerprint density at radius 2 is 1.59 bits per heavy atom. The second-order valence-corrected chi connectivity index (χ2v) is 12.5. The molecule has 15 heteroatoms. The molecule has 13 nitrogen and oxygen atoms in total. The molecular formula is C31H29BrN6O7S. The minimum atomic E-state index is -4.16. The van der Waals surface area contributed by atoms with E-state index >= 15 is 0 Å². The van der Waals surface area contributed by atoms with Gasteiger partial charge in [0, 0.05) is 25.5 Å². The van der Waals surface area contributed by atoms with Crippen LogP contribution in [0.25, 0.3) is 10.8 Å². The number of halogens is 1. The summed E-state index contributed by atoms with van der Waals surface area (Å²) in [6.45, 7) is 1.96. The van der Waals surface area contributed by atoms with Gasteiger partial charge in [-0.25, -0.2) is 18.4 Å². The summed E-state index contributed by atoms with van der Waals surface area (Å²) in [4.78, 5) is 19.4. The summed E-state index contributed by atoms with van der Waals surface area (Å²) in [7, 11) is -2.66. The van der Waals surface area contributed by atoms with Crippen LogP contribution in [0.2, 0.25) is 0 Å². The van der Waals surface area contributed by atoms with Crippen LogP contribution in [-0.2, 0) is 14.8 Å². The Bertz CT molecular complexity index is 1930. The molecule has 1 fully saturated rings. The lowest BCUT2D eigenvalue weighted by Crippen LogP contribution is -2.37. The van der Waals surface area contributed by atoms with Crippen LogP contribution in [0.4, 0.5) is 11.8 Å². The van der Waals surface area contributed by atoms with Gasteiger partial charge in [-0.05, 0) is 51.0 Å². The Morgan fingerprint density at radius 1 is 0.891 bits per heavy atom. The summed E-state index contributed by atoms with van der Waals surface area (Å²) < 4.78 is 60.0. The second-order valence-electron chi connectivity index (χ2n) is 9.85. The van der Waals surface area contributed by atoms with Crippen LogP contribution in [-0.4, -0.2) is 75.0 Å². The van der Waals surface area contributed by atoms with Crippen LogP contribution in [0.1, 0.15) is 0 Å². The number of aromatic nitrogens is 4. The van der Waals surface area contributed by atoms with Gasteiger partial charge in [0.1, 0.15) is 13.2 Å². The number of para-hydroxylation sites is 2. The van der Waals surface area contributed by atoms with E-state index in [4.69, 9.17) is 23.7 Å². The zero-order chi connectivity index (χ0) is 31.9. The Hall–Kier alpha value is -4.73. The third kappa shape index (κ3) is 7.38. The number of methoxy groups -OCH3 is 1. The molecule has 2 aromatic heterocycles. The fourth-order valence-corrected chi connectivity index (χ4v) is 5.81. The Balaban J connectivity index is 1.38. The van der Waals surface area contributed by atoms with E-state index in [0.717, 1.165) is 10.8 Å². The first-order chi connectivity index (χ1) is 22.4. The monoisotopic (exact) mass is 708 g/mol. The summed E-state index contributed by atoms with van der Waals surface area (Å²) in [6, 6.07) is 19.5. The normalized spacial score (nSPS) is 13.3. The maximum atomic E-state index is 13.8. The molecule has 0 aliphatic carbocycles. The molecule has 0 unspecified atom stereocenters. The van der Waals surface area contributed by atoms with Crippen molar-refractivity contribution in [3.63, 3.8) is 0 Å². The second kappa shape index (κ2) is 14.1. The van der Waals surface area contributed by atoms with Gasteiger partial charge in [0.05, 0.1) is 29.7 Å². The van der Waals surface area contributed by atoms with Gasteiger partial charge >= 0.3 is 6.01 Å². The molecule has 0 saturated carbocycles. The third-order valence-corrected chi connectivity index (χ3v) is 8.56. The lowest BCUT2D eigenvalue weighted by atomic mass is 10.1. The SMILES string of the molecule is COc1ccccc1Oc1c(NS(=O)(=O)c2ccc3ccccc3c2)nc(N2CCOCC2)nc1OCCOc1ncc(Br)cn1. The average molecular weight is 710 g/mol. The van der Waals surface area contributed by atoms with Gasteiger partial charge in [-0.1, -0.05) is 42.5 Å². The molecule has 3 aromatic carbocycles. The number of anilines is 2. The van der Waals surface area contributed by atoms with Crippen LogP contribution >= 0.6 is 15.9 Å². The van der Waals surface area contributed by atoms with E-state index in [1.165, 1.54) is 13.2 Å². The van der Waals surface area contributed by atoms with E-state index < -0.39 is 10.0 Å². The van der Waals surface area contributed by atoms with Crippen molar-refractivity contribution in [2.24, 2.45) is 0 Å². The van der Waals surface area contributed by atoms with Crippen molar-refractivity contribution < 1.29 is 32.1 Å². The highest BCUT2D eigenvalue weighted by Crippen LogP contribution is 2.41. The molecule has 46 heavy (non-hydrogen) atoms. The molecule has 0 spiro atoms. The van der Waals surface area contributed by atoms with E-state index in [1.807, 2.05) is 29.2 Å². The lowest BCUT2D eigenvalue weighted by molar-refractivity contribution is 0.122. The number of fused-ring (bicyclic) bond motifs is 1. The lowest BCUT2D eigenvalue weighted by Gasteiger charge is -2.28. The molecular weight excluding hydrogens is 680 g/mol. The van der Waals surface area contributed by atoms with Gasteiger partial charge in [-0.3, -0.25) is 4.72 Å². The molecule has 0 radical (unpaired) electrons. The highest BCUT2D eigenvalue weighted by Gasteiger charge is 2.27. The number of nitrogens with one attached hydrogen (secondary N) is 1. The molecule has 3 heterocycles. The Labute approximate surface area is 273 Å². The summed E-state index contributed by atoms with van der Waals surface area (Å²) in [5, 5.41) is 1.68. The predicted molar refractivity (Wildman–Crippen MR) is 174 cm³/mol. The number of rotatable bonds is 12. The van der Waals surface area contributed by atoms with Gasteiger partial charge in [0.2, 0.25) is 11.7 Å². The molecule has 0 atom stereocenters. The van der Waals surface area contributed by atoms with Crippen molar-refractivity contribution in [2.45, 2.75) is 4.90 Å². The number of benzene rings is 3. The quantitative estimate of drug-likeness (QED) is 0.172. The molecule has 1 aliphatic heterocycles. The summed E-state index contributed by atoms with van der Waals surface area (Å²) in [5.41, 5.74) is 0. The maximum Gasteiger partial charge on any atom is 0.316 e. The van der Waals surface area contributed by atoms with Crippen molar-refractivity contribution in [1.82, 2.24) is 19.9 Å². The minimum Gasteiger partial charge on any atom is -0.493 e. The fraction of sp³-hybridized carbons (Fsp3) is 0.226. The highest BCUT2D eigenvalue weighted by atomic mass is 79.9. The van der Waals surface area contributed by atoms with E-state index in [-0.39, 0.29) is 47.5 Å². The molecule has 6 rings (SSSR count). The third-order valence-electron chi connectivity index (χ3n) is 6.81. The van der Waals surface area contributed by atoms with Gasteiger partial charge in [-0.15, -0.1) is 0 Å². The van der Waals surface area contributed by atoms with E-state index in [2.05, 4.69) is 40.6 Å². The number of morpholine rings is 1. The molecule has 5 aromatic rings. The van der Waals surface area contributed by atoms with E-state index in [0.29, 0.717) is 42.3 Å². The Kier molecular flexibility index (Phi) is 9.61. The molecule has 0 amide bonds. The first-order valence-electron chi connectivity index (χ1n) is 14.2. The van der Waals surface area contributed by atoms with Crippen LogP contribution in [0.3, 0.4) is 0 Å². The summed E-state index contributed by atoms with van der Waals surface area (Å²) in [6.07, 6.45) is 3.13. The maximum absolute atomic E-state index is 13.8. The van der Waals surface area contributed by atoms with Crippen LogP contribution in [0, 0.1) is 0 Å². The Morgan fingerprint density at radius 3 is 2.35 bits per heavy atom. The molecule has 1 N–H and O–H groups in total. The van der Waals surface area contributed by atoms with Gasteiger partial charge in [-0.2, -0.15) is 9.97 Å². The van der Waals surface area contributed by atoms with Crippen molar-refractivity contribution in [2.75, 3.05) is 56.2 Å². The van der Waals surface area contributed by atoms with Gasteiger partial charge in [0.25, 0.3) is 15.9 Å².